The molecule has 3 aromatic heterocycles. The number of carbonyl (C=O) groups is 1. The van der Waals surface area contributed by atoms with Gasteiger partial charge in [0.25, 0.3) is 0 Å². The molecule has 0 aromatic carbocycles. The molecule has 1 aliphatic heterocycles. The molecule has 2 N–H and O–H groups in total. The fraction of sp³-hybridized carbons (Fsp3) is 0.519. The minimum absolute atomic E-state index is 0.0389. The van der Waals surface area contributed by atoms with Crippen molar-refractivity contribution in [3.05, 3.63) is 41.9 Å². The molecule has 0 bridgehead atoms. The first kappa shape index (κ1) is 29.9. The number of aromatic nitrogens is 4. The molecule has 13 heteroatoms. The molecule has 40 heavy (non-hydrogen) atoms. The smallest absolute Gasteiger partial charge is 0.383 e. The van der Waals surface area contributed by atoms with Gasteiger partial charge in [-0.05, 0) is 55.1 Å². The number of rotatable bonds is 8. The predicted molar refractivity (Wildman–Crippen MR) is 148 cm³/mol. The number of pyridine rings is 1. The van der Waals surface area contributed by atoms with Crippen LogP contribution in [0.1, 0.15) is 29.4 Å². The van der Waals surface area contributed by atoms with E-state index in [0.29, 0.717) is 41.9 Å². The third-order valence-corrected chi connectivity index (χ3v) is 8.24. The number of hydrogen-bond donors (Lipinski definition) is 2. The van der Waals surface area contributed by atoms with Crippen LogP contribution in [-0.4, -0.2) is 88.6 Å². The Hall–Kier alpha value is -3.05. The Labute approximate surface area is 235 Å². The van der Waals surface area contributed by atoms with Crippen molar-refractivity contribution in [3.63, 3.8) is 0 Å². The minimum Gasteiger partial charge on any atom is -0.383 e. The van der Waals surface area contributed by atoms with E-state index < -0.39 is 5.51 Å². The molecular weight excluding hydrogens is 543 g/mol. The van der Waals surface area contributed by atoms with E-state index in [4.69, 9.17) is 4.74 Å². The Kier molecular flexibility index (Phi) is 9.45. The van der Waals surface area contributed by atoms with Gasteiger partial charge in [0.2, 0.25) is 0 Å². The molecule has 1 aliphatic carbocycles. The normalized spacial score (nSPS) is 22.1. The average molecular weight is 578 g/mol. The van der Waals surface area contributed by atoms with E-state index in [0.717, 1.165) is 32.3 Å². The molecule has 216 valence electrons. The van der Waals surface area contributed by atoms with Crippen LogP contribution in [0.25, 0.3) is 5.52 Å². The lowest BCUT2D eigenvalue weighted by Gasteiger charge is -2.32. The lowest BCUT2D eigenvalue weighted by molar-refractivity contribution is -0.0327. The monoisotopic (exact) mass is 577 g/mol. The van der Waals surface area contributed by atoms with Crippen LogP contribution in [0.3, 0.4) is 0 Å². The molecule has 9 nitrogen and oxygen atoms in total. The third kappa shape index (κ3) is 6.80. The lowest BCUT2D eigenvalue weighted by atomic mass is 10.0. The van der Waals surface area contributed by atoms with Crippen LogP contribution in [0.2, 0.25) is 0 Å². The summed E-state index contributed by atoms with van der Waals surface area (Å²) in [5.74, 6) is 7.29. The van der Waals surface area contributed by atoms with Gasteiger partial charge in [-0.3, -0.25) is 9.48 Å². The van der Waals surface area contributed by atoms with E-state index in [2.05, 4.69) is 44.5 Å². The molecule has 4 heterocycles. The average Bonchev–Trinajstić information content (AvgIpc) is 3.19. The predicted octanol–water partition coefficient (Wildman–Crippen LogP) is 3.52. The standard InChI is InChI=1S/C22H28F3N5OS.C5H6N2O/c1-15-16-14-29(12-13-31-3)11-9-21(15,16)27-19-8-4-7-18-20(32-22(23,24)25)17(28-30(18)19)6-5-10-26-2;1-7-3-5(4-8)2-6-7/h4,7-8,15-16,26-27H,9-14H2,1-3H3;2-4H,1H3. The van der Waals surface area contributed by atoms with Gasteiger partial charge in [-0.25, -0.2) is 4.52 Å². The Morgan fingerprint density at radius 2 is 2.15 bits per heavy atom. The van der Waals surface area contributed by atoms with Crippen LogP contribution in [0.4, 0.5) is 19.0 Å². The lowest BCUT2D eigenvalue weighted by Crippen LogP contribution is -2.42. The molecular formula is C27H34F3N7O2S. The number of nitrogens with one attached hydrogen (secondary N) is 2. The van der Waals surface area contributed by atoms with E-state index in [1.54, 1.807) is 48.7 Å². The minimum atomic E-state index is -4.42. The third-order valence-electron chi connectivity index (χ3n) is 7.40. The number of carbonyl (C=O) groups excluding carboxylic acids is 1. The van der Waals surface area contributed by atoms with Gasteiger partial charge in [0.1, 0.15) is 11.5 Å². The van der Waals surface area contributed by atoms with Crippen molar-refractivity contribution in [2.24, 2.45) is 18.9 Å². The van der Waals surface area contributed by atoms with Crippen LogP contribution in [0.5, 0.6) is 0 Å². The van der Waals surface area contributed by atoms with Gasteiger partial charge in [-0.1, -0.05) is 18.9 Å². The molecule has 3 unspecified atom stereocenters. The number of halogens is 3. The fourth-order valence-corrected chi connectivity index (χ4v) is 5.94. The zero-order valence-corrected chi connectivity index (χ0v) is 23.8. The first-order valence-corrected chi connectivity index (χ1v) is 13.8. The molecule has 3 atom stereocenters. The highest BCUT2D eigenvalue weighted by atomic mass is 32.2. The molecule has 0 amide bonds. The maximum absolute atomic E-state index is 13.3. The quantitative estimate of drug-likeness (QED) is 0.239. The molecule has 5 rings (SSSR count). The van der Waals surface area contributed by atoms with Gasteiger partial charge in [0.05, 0.1) is 35.3 Å². The van der Waals surface area contributed by atoms with Gasteiger partial charge in [0, 0.05) is 45.5 Å². The van der Waals surface area contributed by atoms with E-state index in [1.165, 1.54) is 6.20 Å². The van der Waals surface area contributed by atoms with Crippen LogP contribution < -0.4 is 10.6 Å². The van der Waals surface area contributed by atoms with Crippen LogP contribution in [0, 0.1) is 23.7 Å². The second kappa shape index (κ2) is 12.6. The molecule has 2 fully saturated rings. The van der Waals surface area contributed by atoms with Crippen molar-refractivity contribution < 1.29 is 22.7 Å². The summed E-state index contributed by atoms with van der Waals surface area (Å²) in [6, 6.07) is 5.31. The van der Waals surface area contributed by atoms with Crippen LogP contribution >= 0.6 is 11.8 Å². The molecule has 0 spiro atoms. The number of likely N-dealkylation sites (tertiary alicyclic amines) is 1. The topological polar surface area (TPSA) is 88.7 Å². The number of methoxy groups -OCH3 is 1. The van der Waals surface area contributed by atoms with Crippen molar-refractivity contribution in [1.29, 1.82) is 0 Å². The van der Waals surface area contributed by atoms with Crippen molar-refractivity contribution >= 4 is 29.4 Å². The van der Waals surface area contributed by atoms with Gasteiger partial charge in [-0.2, -0.15) is 23.4 Å². The number of ether oxygens (including phenoxy) is 1. The highest BCUT2D eigenvalue weighted by Crippen LogP contribution is 2.57. The molecule has 1 saturated heterocycles. The first-order valence-electron chi connectivity index (χ1n) is 13.0. The van der Waals surface area contributed by atoms with Gasteiger partial charge >= 0.3 is 5.51 Å². The van der Waals surface area contributed by atoms with E-state index >= 15 is 0 Å². The SMILES string of the molecule is CNCC#Cc1nn2c(NC34CCN(CCOC)CC3C4C)cccc2c1SC(F)(F)F.Cn1cc(C=O)cn1. The van der Waals surface area contributed by atoms with Gasteiger partial charge in [0.15, 0.2) is 6.29 Å². The largest absolute Gasteiger partial charge is 0.446 e. The number of alkyl halides is 3. The van der Waals surface area contributed by atoms with Gasteiger partial charge < -0.3 is 20.3 Å². The number of aldehydes is 1. The summed E-state index contributed by atoms with van der Waals surface area (Å²) >= 11 is -0.158. The summed E-state index contributed by atoms with van der Waals surface area (Å²) in [7, 11) is 5.22. The maximum Gasteiger partial charge on any atom is 0.446 e. The summed E-state index contributed by atoms with van der Waals surface area (Å²) < 4.78 is 48.2. The summed E-state index contributed by atoms with van der Waals surface area (Å²) in [6.45, 7) is 6.18. The summed E-state index contributed by atoms with van der Waals surface area (Å²) in [4.78, 5) is 12.4. The zero-order valence-electron chi connectivity index (χ0n) is 23.0. The van der Waals surface area contributed by atoms with Crippen molar-refractivity contribution in [2.75, 3.05) is 52.3 Å². The Morgan fingerprint density at radius 1 is 1.35 bits per heavy atom. The van der Waals surface area contributed by atoms with Crippen molar-refractivity contribution in [1.82, 2.24) is 29.6 Å². The molecule has 2 aliphatic rings. The van der Waals surface area contributed by atoms with E-state index in [-0.39, 0.29) is 27.9 Å². The fourth-order valence-electron chi connectivity index (χ4n) is 5.26. The van der Waals surface area contributed by atoms with Crippen LogP contribution in [0.15, 0.2) is 35.5 Å². The molecule has 3 aromatic rings. The maximum atomic E-state index is 13.3. The number of aryl methyl sites for hydroxylation is 1. The van der Waals surface area contributed by atoms with E-state index in [9.17, 15) is 18.0 Å². The van der Waals surface area contributed by atoms with Crippen molar-refractivity contribution in [2.45, 2.75) is 29.3 Å². The van der Waals surface area contributed by atoms with E-state index in [1.807, 2.05) is 6.07 Å². The number of nitrogens with zero attached hydrogens (tertiary/aromatic N) is 5. The zero-order chi connectivity index (χ0) is 28.9. The number of piperidine rings is 1. The second-order valence-corrected chi connectivity index (χ2v) is 11.0. The number of fused-ring (bicyclic) bond motifs is 2. The number of thioether (sulfide) groups is 1. The summed E-state index contributed by atoms with van der Waals surface area (Å²) in [5, 5.41) is 14.8. The molecule has 0 radical (unpaired) electrons. The molecule has 1 saturated carbocycles. The van der Waals surface area contributed by atoms with Crippen molar-refractivity contribution in [3.8, 4) is 11.8 Å². The Balaban J connectivity index is 0.000000398. The van der Waals surface area contributed by atoms with Crippen LogP contribution in [-0.2, 0) is 11.8 Å². The first-order chi connectivity index (χ1) is 19.1. The number of anilines is 1. The number of hydrogen-bond acceptors (Lipinski definition) is 8. The second-order valence-electron chi connectivity index (χ2n) is 9.93. The van der Waals surface area contributed by atoms with Gasteiger partial charge in [-0.15, -0.1) is 0 Å². The summed E-state index contributed by atoms with van der Waals surface area (Å²) in [5.41, 5.74) is -3.31. The Morgan fingerprint density at radius 3 is 2.75 bits per heavy atom. The summed E-state index contributed by atoms with van der Waals surface area (Å²) in [6.07, 6.45) is 4.92. The highest BCUT2D eigenvalue weighted by Gasteiger charge is 2.63. The highest BCUT2D eigenvalue weighted by molar-refractivity contribution is 8.00. The Bertz CT molecular complexity index is 1380.